The van der Waals surface area contributed by atoms with Crippen LogP contribution in [0.5, 0.6) is 0 Å². The second-order valence-corrected chi connectivity index (χ2v) is 4.65. The van der Waals surface area contributed by atoms with Gasteiger partial charge < -0.3 is 0 Å². The van der Waals surface area contributed by atoms with E-state index in [0.717, 1.165) is 18.5 Å². The first-order chi connectivity index (χ1) is 8.66. The third-order valence-corrected chi connectivity index (χ3v) is 3.20. The van der Waals surface area contributed by atoms with E-state index in [0.29, 0.717) is 11.5 Å². The lowest BCUT2D eigenvalue weighted by atomic mass is 10.1. The summed E-state index contributed by atoms with van der Waals surface area (Å²) in [6.07, 6.45) is 4.01. The lowest BCUT2D eigenvalue weighted by molar-refractivity contribution is 0.101. The Kier molecular flexibility index (Phi) is 2.51. The fraction of sp³-hybridized carbons (Fsp3) is 0.286. The summed E-state index contributed by atoms with van der Waals surface area (Å²) in [7, 11) is 0. The minimum atomic E-state index is -0.423. The normalized spacial score (nSPS) is 14.8. The topological polar surface area (TPSA) is 34.9 Å². The Bertz CT molecular complexity index is 614. The average Bonchev–Trinajstić information content (AvgIpc) is 3.08. The van der Waals surface area contributed by atoms with E-state index in [1.54, 1.807) is 18.3 Å². The van der Waals surface area contributed by atoms with Crippen molar-refractivity contribution >= 4 is 5.78 Å². The van der Waals surface area contributed by atoms with E-state index in [1.165, 1.54) is 17.7 Å². The third-order valence-electron chi connectivity index (χ3n) is 3.20. The van der Waals surface area contributed by atoms with E-state index in [4.69, 9.17) is 0 Å². The number of nitrogens with zero attached hydrogens (tertiary/aromatic N) is 2. The Morgan fingerprint density at radius 2 is 2.17 bits per heavy atom. The minimum Gasteiger partial charge on any atom is -0.294 e. The van der Waals surface area contributed by atoms with Gasteiger partial charge in [-0.05, 0) is 38.0 Å². The number of para-hydroxylation sites is 1. The second kappa shape index (κ2) is 4.05. The molecule has 0 spiro atoms. The van der Waals surface area contributed by atoms with E-state index >= 15 is 0 Å². The van der Waals surface area contributed by atoms with Crippen LogP contribution in [0.3, 0.4) is 0 Å². The molecule has 0 atom stereocenters. The summed E-state index contributed by atoms with van der Waals surface area (Å²) in [5, 5.41) is 4.37. The van der Waals surface area contributed by atoms with Gasteiger partial charge in [0.15, 0.2) is 5.78 Å². The molecule has 2 aromatic rings. The summed E-state index contributed by atoms with van der Waals surface area (Å²) in [4.78, 5) is 11.5. The highest BCUT2D eigenvalue weighted by Crippen LogP contribution is 2.39. The molecular formula is C14H13FN2O. The van der Waals surface area contributed by atoms with E-state index in [-0.39, 0.29) is 11.5 Å². The van der Waals surface area contributed by atoms with Crippen LogP contribution in [0, 0.1) is 5.82 Å². The van der Waals surface area contributed by atoms with Crippen LogP contribution in [0.2, 0.25) is 0 Å². The average molecular weight is 244 g/mol. The molecule has 0 amide bonds. The maximum Gasteiger partial charge on any atom is 0.162 e. The van der Waals surface area contributed by atoms with Crippen molar-refractivity contribution in [3.8, 4) is 5.69 Å². The van der Waals surface area contributed by atoms with Crippen LogP contribution < -0.4 is 0 Å². The molecule has 1 aromatic heterocycles. The predicted octanol–water partition coefficient (Wildman–Crippen LogP) is 3.09. The third kappa shape index (κ3) is 1.83. The van der Waals surface area contributed by atoms with Gasteiger partial charge in [-0.1, -0.05) is 6.07 Å². The van der Waals surface area contributed by atoms with Gasteiger partial charge >= 0.3 is 0 Å². The fourth-order valence-corrected chi connectivity index (χ4v) is 2.09. The Labute approximate surface area is 104 Å². The van der Waals surface area contributed by atoms with E-state index in [2.05, 4.69) is 5.10 Å². The quantitative estimate of drug-likeness (QED) is 0.778. The van der Waals surface area contributed by atoms with Crippen LogP contribution >= 0.6 is 0 Å². The summed E-state index contributed by atoms with van der Waals surface area (Å²) in [6.45, 7) is 1.43. The van der Waals surface area contributed by atoms with Gasteiger partial charge in [0.05, 0.1) is 5.69 Å². The number of hydrogen-bond acceptors (Lipinski definition) is 2. The zero-order valence-electron chi connectivity index (χ0n) is 10.1. The molecule has 1 heterocycles. The van der Waals surface area contributed by atoms with Crippen molar-refractivity contribution < 1.29 is 9.18 Å². The molecule has 1 aliphatic rings. The zero-order valence-corrected chi connectivity index (χ0v) is 10.1. The van der Waals surface area contributed by atoms with E-state index < -0.39 is 5.82 Å². The van der Waals surface area contributed by atoms with Gasteiger partial charge in [0.1, 0.15) is 11.5 Å². The standard InChI is InChI=1S/C14H13FN2O/c1-9(18)11-3-2-4-12(15)14(11)17-8-7-13(16-17)10-5-6-10/h2-4,7-8,10H,5-6H2,1H3. The molecule has 0 N–H and O–H groups in total. The number of ketones is 1. The van der Waals surface area contributed by atoms with Gasteiger partial charge in [-0.15, -0.1) is 0 Å². The van der Waals surface area contributed by atoms with Crippen LogP contribution in [0.4, 0.5) is 4.39 Å². The lowest BCUT2D eigenvalue weighted by Crippen LogP contribution is -2.07. The molecule has 0 saturated heterocycles. The smallest absolute Gasteiger partial charge is 0.162 e. The Morgan fingerprint density at radius 3 is 2.83 bits per heavy atom. The fourth-order valence-electron chi connectivity index (χ4n) is 2.09. The molecule has 0 aliphatic heterocycles. The lowest BCUT2D eigenvalue weighted by Gasteiger charge is -2.08. The molecule has 92 valence electrons. The molecule has 1 aromatic carbocycles. The molecule has 4 heteroatoms. The monoisotopic (exact) mass is 244 g/mol. The van der Waals surface area contributed by atoms with Gasteiger partial charge in [0.25, 0.3) is 0 Å². The number of Topliss-reactive ketones (excluding diaryl/α,β-unsaturated/α-hetero) is 1. The zero-order chi connectivity index (χ0) is 12.7. The van der Waals surface area contributed by atoms with Crippen LogP contribution in [0.1, 0.15) is 41.7 Å². The summed E-state index contributed by atoms with van der Waals surface area (Å²) in [5.74, 6) is -0.0695. The highest BCUT2D eigenvalue weighted by Gasteiger charge is 2.26. The Hall–Kier alpha value is -1.97. The van der Waals surface area contributed by atoms with Crippen molar-refractivity contribution in [2.24, 2.45) is 0 Å². The molecule has 18 heavy (non-hydrogen) atoms. The first kappa shape index (κ1) is 11.1. The molecule has 1 aliphatic carbocycles. The van der Waals surface area contributed by atoms with Gasteiger partial charge in [-0.25, -0.2) is 9.07 Å². The minimum absolute atomic E-state index is 0.159. The molecule has 0 bridgehead atoms. The number of carbonyl (C=O) groups excluding carboxylic acids is 1. The number of halogens is 1. The maximum absolute atomic E-state index is 13.9. The Morgan fingerprint density at radius 1 is 1.39 bits per heavy atom. The molecule has 0 radical (unpaired) electrons. The van der Waals surface area contributed by atoms with Crippen LogP contribution in [0.25, 0.3) is 5.69 Å². The van der Waals surface area contributed by atoms with Crippen LogP contribution in [0.15, 0.2) is 30.5 Å². The second-order valence-electron chi connectivity index (χ2n) is 4.65. The maximum atomic E-state index is 13.9. The summed E-state index contributed by atoms with van der Waals surface area (Å²) in [6, 6.07) is 6.41. The van der Waals surface area contributed by atoms with Crippen molar-refractivity contribution in [1.29, 1.82) is 0 Å². The van der Waals surface area contributed by atoms with Gasteiger partial charge in [0.2, 0.25) is 0 Å². The first-order valence-corrected chi connectivity index (χ1v) is 6.02. The molecule has 1 fully saturated rings. The largest absolute Gasteiger partial charge is 0.294 e. The van der Waals surface area contributed by atoms with Crippen molar-refractivity contribution in [3.63, 3.8) is 0 Å². The van der Waals surface area contributed by atoms with Gasteiger partial charge in [0, 0.05) is 17.7 Å². The Balaban J connectivity index is 2.11. The highest BCUT2D eigenvalue weighted by molar-refractivity contribution is 5.97. The molecule has 1 saturated carbocycles. The summed E-state index contributed by atoms with van der Waals surface area (Å²) < 4.78 is 15.4. The number of carbonyl (C=O) groups is 1. The van der Waals surface area contributed by atoms with Crippen molar-refractivity contribution in [2.45, 2.75) is 25.7 Å². The number of aromatic nitrogens is 2. The molecular weight excluding hydrogens is 231 g/mol. The summed E-state index contributed by atoms with van der Waals surface area (Å²) in [5.41, 5.74) is 1.59. The van der Waals surface area contributed by atoms with Gasteiger partial charge in [-0.2, -0.15) is 5.10 Å². The number of benzene rings is 1. The van der Waals surface area contributed by atoms with Crippen molar-refractivity contribution in [3.05, 3.63) is 47.5 Å². The van der Waals surface area contributed by atoms with Crippen molar-refractivity contribution in [1.82, 2.24) is 9.78 Å². The molecule has 3 nitrogen and oxygen atoms in total. The van der Waals surface area contributed by atoms with E-state index in [9.17, 15) is 9.18 Å². The SMILES string of the molecule is CC(=O)c1cccc(F)c1-n1ccc(C2CC2)n1. The summed E-state index contributed by atoms with van der Waals surface area (Å²) >= 11 is 0. The number of rotatable bonds is 3. The number of hydrogen-bond donors (Lipinski definition) is 0. The van der Waals surface area contributed by atoms with Crippen LogP contribution in [-0.2, 0) is 0 Å². The first-order valence-electron chi connectivity index (χ1n) is 6.02. The van der Waals surface area contributed by atoms with Gasteiger partial charge in [-0.3, -0.25) is 4.79 Å². The van der Waals surface area contributed by atoms with Crippen LogP contribution in [-0.4, -0.2) is 15.6 Å². The highest BCUT2D eigenvalue weighted by atomic mass is 19.1. The van der Waals surface area contributed by atoms with E-state index in [1.807, 2.05) is 6.07 Å². The molecule has 3 rings (SSSR count). The predicted molar refractivity (Wildman–Crippen MR) is 65.5 cm³/mol. The van der Waals surface area contributed by atoms with Crippen molar-refractivity contribution in [2.75, 3.05) is 0 Å². The molecule has 0 unspecified atom stereocenters.